The molecule has 2 unspecified atom stereocenters. The average molecular weight is 407 g/mol. The van der Waals surface area contributed by atoms with Crippen molar-refractivity contribution >= 4 is 27.3 Å². The molecule has 1 fully saturated rings. The highest BCUT2D eigenvalue weighted by molar-refractivity contribution is 7.93. The number of hydrogen-bond acceptors (Lipinski definition) is 6. The Morgan fingerprint density at radius 2 is 1.86 bits per heavy atom. The Morgan fingerprint density at radius 3 is 2.36 bits per heavy atom. The van der Waals surface area contributed by atoms with Crippen molar-refractivity contribution in [3.63, 3.8) is 0 Å². The van der Waals surface area contributed by atoms with E-state index in [2.05, 4.69) is 11.4 Å². The van der Waals surface area contributed by atoms with E-state index < -0.39 is 27.4 Å². The third-order valence-electron chi connectivity index (χ3n) is 5.51. The van der Waals surface area contributed by atoms with Crippen molar-refractivity contribution in [3.8, 4) is 0 Å². The molecule has 152 valence electrons. The highest BCUT2D eigenvalue weighted by atomic mass is 32.2. The van der Waals surface area contributed by atoms with Gasteiger partial charge in [0.05, 0.1) is 18.6 Å². The van der Waals surface area contributed by atoms with Crippen molar-refractivity contribution in [3.05, 3.63) is 42.0 Å². The maximum atomic E-state index is 12.8. The fourth-order valence-corrected chi connectivity index (χ4v) is 5.85. The predicted octanol–water partition coefficient (Wildman–Crippen LogP) is 1.34. The van der Waals surface area contributed by atoms with E-state index in [1.54, 1.807) is 0 Å². The Balaban J connectivity index is 1.70. The summed E-state index contributed by atoms with van der Waals surface area (Å²) in [6.45, 7) is 0. The minimum atomic E-state index is -3.28. The molecule has 0 radical (unpaired) electrons. The van der Waals surface area contributed by atoms with Crippen LogP contribution in [0.2, 0.25) is 0 Å². The molecule has 1 aliphatic carbocycles. The molecule has 1 aromatic carbocycles. The van der Waals surface area contributed by atoms with E-state index in [9.17, 15) is 18.0 Å². The van der Waals surface area contributed by atoms with Crippen LogP contribution in [-0.4, -0.2) is 57.7 Å². The van der Waals surface area contributed by atoms with Gasteiger partial charge in [0.15, 0.2) is 15.9 Å². The lowest BCUT2D eigenvalue weighted by molar-refractivity contribution is -0.154. The van der Waals surface area contributed by atoms with Gasteiger partial charge in [-0.1, -0.05) is 36.4 Å². The molecule has 1 aliphatic heterocycles. The van der Waals surface area contributed by atoms with Crippen LogP contribution in [-0.2, 0) is 28.9 Å². The van der Waals surface area contributed by atoms with Crippen molar-refractivity contribution < 1.29 is 27.5 Å². The summed E-state index contributed by atoms with van der Waals surface area (Å²) in [4.78, 5) is 25.0. The van der Waals surface area contributed by atoms with Gasteiger partial charge >= 0.3 is 5.97 Å². The first-order valence-electron chi connectivity index (χ1n) is 9.18. The fourth-order valence-electron chi connectivity index (χ4n) is 3.87. The number of esters is 1. The van der Waals surface area contributed by atoms with Gasteiger partial charge in [-0.15, -0.1) is 0 Å². The third kappa shape index (κ3) is 4.12. The fraction of sp³-hybridized carbons (Fsp3) is 0.500. The molecule has 7 nitrogen and oxygen atoms in total. The standard InChI is InChI=1S/C20H25NO6S/c1-26-19(23)17(20(27-2)12-28(24,25)13-20)21-18(22)16-10-8-15(9-11-16)14-6-4-3-5-7-14/h3-8,16-17H,9-13H2,1-2H3,(H,21,22). The van der Waals surface area contributed by atoms with Gasteiger partial charge in [0.2, 0.25) is 5.91 Å². The van der Waals surface area contributed by atoms with Gasteiger partial charge in [-0.2, -0.15) is 0 Å². The predicted molar refractivity (Wildman–Crippen MR) is 104 cm³/mol. The first kappa shape index (κ1) is 20.5. The minimum absolute atomic E-state index is 0.287. The quantitative estimate of drug-likeness (QED) is 0.715. The van der Waals surface area contributed by atoms with Gasteiger partial charge in [0.25, 0.3) is 0 Å². The average Bonchev–Trinajstić information content (AvgIpc) is 2.70. The Hall–Kier alpha value is -2.19. The second-order valence-electron chi connectivity index (χ2n) is 7.33. The van der Waals surface area contributed by atoms with E-state index in [0.717, 1.165) is 12.0 Å². The summed E-state index contributed by atoms with van der Waals surface area (Å²) >= 11 is 0. The summed E-state index contributed by atoms with van der Waals surface area (Å²) in [6, 6.07) is 8.85. The summed E-state index contributed by atoms with van der Waals surface area (Å²) < 4.78 is 33.5. The van der Waals surface area contributed by atoms with Crippen LogP contribution in [0.4, 0.5) is 0 Å². The largest absolute Gasteiger partial charge is 0.467 e. The van der Waals surface area contributed by atoms with Gasteiger partial charge in [-0.3, -0.25) is 4.79 Å². The summed E-state index contributed by atoms with van der Waals surface area (Å²) in [6.07, 6.45) is 4.02. The van der Waals surface area contributed by atoms with E-state index in [1.165, 1.54) is 19.8 Å². The van der Waals surface area contributed by atoms with Crippen LogP contribution in [0.3, 0.4) is 0 Å². The molecular weight excluding hydrogens is 382 g/mol. The second kappa shape index (κ2) is 8.05. The molecule has 2 aliphatic rings. The zero-order valence-corrected chi connectivity index (χ0v) is 16.8. The van der Waals surface area contributed by atoms with E-state index in [4.69, 9.17) is 9.47 Å². The van der Waals surface area contributed by atoms with Gasteiger partial charge in [-0.05, 0) is 30.4 Å². The zero-order chi connectivity index (χ0) is 20.4. The number of allylic oxidation sites excluding steroid dienone is 2. The van der Waals surface area contributed by atoms with Crippen LogP contribution >= 0.6 is 0 Å². The van der Waals surface area contributed by atoms with Gasteiger partial charge in [-0.25, -0.2) is 13.2 Å². The van der Waals surface area contributed by atoms with Crippen molar-refractivity contribution in [2.45, 2.75) is 30.9 Å². The van der Waals surface area contributed by atoms with Crippen LogP contribution in [0.25, 0.3) is 5.57 Å². The number of nitrogens with one attached hydrogen (secondary N) is 1. The molecule has 8 heteroatoms. The topological polar surface area (TPSA) is 98.8 Å². The van der Waals surface area contributed by atoms with E-state index >= 15 is 0 Å². The van der Waals surface area contributed by atoms with Crippen molar-refractivity contribution in [1.29, 1.82) is 0 Å². The van der Waals surface area contributed by atoms with E-state index in [1.807, 2.05) is 30.3 Å². The summed E-state index contributed by atoms with van der Waals surface area (Å²) in [5.74, 6) is -1.93. The monoisotopic (exact) mass is 407 g/mol. The molecule has 3 rings (SSSR count). The first-order chi connectivity index (χ1) is 13.3. The van der Waals surface area contributed by atoms with Crippen LogP contribution in [0.1, 0.15) is 24.8 Å². The molecule has 0 saturated carbocycles. The number of methoxy groups -OCH3 is 2. The minimum Gasteiger partial charge on any atom is -0.467 e. The zero-order valence-electron chi connectivity index (χ0n) is 16.0. The SMILES string of the molecule is COC(=O)C(NC(=O)C1CC=C(c2ccccc2)CC1)C1(OC)CS(=O)(=O)C1. The van der Waals surface area contributed by atoms with Gasteiger partial charge in [0.1, 0.15) is 5.60 Å². The van der Waals surface area contributed by atoms with Crippen molar-refractivity contribution in [2.75, 3.05) is 25.7 Å². The van der Waals surface area contributed by atoms with Crippen LogP contribution in [0, 0.1) is 5.92 Å². The maximum Gasteiger partial charge on any atom is 0.331 e. The normalized spacial score (nSPS) is 23.6. The van der Waals surface area contributed by atoms with E-state index in [0.29, 0.717) is 12.8 Å². The number of sulfone groups is 1. The van der Waals surface area contributed by atoms with Crippen LogP contribution < -0.4 is 5.32 Å². The molecule has 2 atom stereocenters. The summed E-state index contributed by atoms with van der Waals surface area (Å²) in [5.41, 5.74) is 1.07. The molecule has 0 spiro atoms. The van der Waals surface area contributed by atoms with Crippen molar-refractivity contribution in [1.82, 2.24) is 5.32 Å². The van der Waals surface area contributed by atoms with E-state index in [-0.39, 0.29) is 23.3 Å². The molecule has 28 heavy (non-hydrogen) atoms. The Kier molecular flexibility index (Phi) is 5.90. The number of benzene rings is 1. The smallest absolute Gasteiger partial charge is 0.331 e. The Bertz CT molecular complexity index is 865. The Labute approximate surface area is 165 Å². The summed E-state index contributed by atoms with van der Waals surface area (Å²) in [7, 11) is -0.739. The lowest BCUT2D eigenvalue weighted by atomic mass is 9.85. The number of carbonyl (C=O) groups is 2. The van der Waals surface area contributed by atoms with Gasteiger partial charge < -0.3 is 14.8 Å². The highest BCUT2D eigenvalue weighted by Crippen LogP contribution is 2.33. The molecule has 1 heterocycles. The molecule has 0 aromatic heterocycles. The number of rotatable bonds is 6. The molecule has 1 saturated heterocycles. The Morgan fingerprint density at radius 1 is 1.18 bits per heavy atom. The molecule has 0 bridgehead atoms. The first-order valence-corrected chi connectivity index (χ1v) is 11.0. The third-order valence-corrected chi connectivity index (χ3v) is 7.37. The highest BCUT2D eigenvalue weighted by Gasteiger charge is 2.58. The number of amides is 1. The van der Waals surface area contributed by atoms with Crippen molar-refractivity contribution in [2.24, 2.45) is 5.92 Å². The molecule has 1 amide bonds. The lowest BCUT2D eigenvalue weighted by Crippen LogP contribution is -2.70. The molecule has 1 aromatic rings. The van der Waals surface area contributed by atoms with Crippen LogP contribution in [0.5, 0.6) is 0 Å². The summed E-state index contributed by atoms with van der Waals surface area (Å²) in [5, 5.41) is 2.69. The number of carbonyl (C=O) groups excluding carboxylic acids is 2. The lowest BCUT2D eigenvalue weighted by Gasteiger charge is -2.44. The van der Waals surface area contributed by atoms with Gasteiger partial charge in [0, 0.05) is 13.0 Å². The molecule has 1 N–H and O–H groups in total. The van der Waals surface area contributed by atoms with Crippen LogP contribution in [0.15, 0.2) is 36.4 Å². The molecular formula is C20H25NO6S. The maximum absolute atomic E-state index is 12.8. The number of hydrogen-bond donors (Lipinski definition) is 1. The second-order valence-corrected chi connectivity index (χ2v) is 9.40. The number of ether oxygens (including phenoxy) is 2.